The fraction of sp³-hybridized carbons (Fsp3) is 0.278. The van der Waals surface area contributed by atoms with Gasteiger partial charge in [-0.15, -0.1) is 0 Å². The van der Waals surface area contributed by atoms with Crippen molar-refractivity contribution in [1.29, 1.82) is 0 Å². The van der Waals surface area contributed by atoms with Crippen molar-refractivity contribution in [3.05, 3.63) is 59.1 Å². The van der Waals surface area contributed by atoms with Crippen LogP contribution in [-0.2, 0) is 17.8 Å². The van der Waals surface area contributed by atoms with Gasteiger partial charge in [0.05, 0.1) is 12.2 Å². The van der Waals surface area contributed by atoms with Gasteiger partial charge in [-0.05, 0) is 20.3 Å². The van der Waals surface area contributed by atoms with Crippen LogP contribution in [-0.4, -0.2) is 16.2 Å². The van der Waals surface area contributed by atoms with Crippen molar-refractivity contribution in [3.8, 4) is 11.3 Å². The number of aromatic nitrogens is 2. The molecule has 0 spiro atoms. The van der Waals surface area contributed by atoms with Crippen LogP contribution in [0.25, 0.3) is 11.3 Å². The Kier molecular flexibility index (Phi) is 4.74. The molecule has 0 saturated heterocycles. The number of carbonyl (C=O) groups excluding carboxylic acids is 1. The van der Waals surface area contributed by atoms with Gasteiger partial charge in [0.25, 0.3) is 0 Å². The molecule has 24 heavy (non-hydrogen) atoms. The van der Waals surface area contributed by atoms with E-state index in [1.165, 1.54) is 0 Å². The zero-order valence-electron chi connectivity index (χ0n) is 13.7. The van der Waals surface area contributed by atoms with Crippen molar-refractivity contribution in [2.24, 2.45) is 0 Å². The first kappa shape index (κ1) is 16.0. The second-order valence-electron chi connectivity index (χ2n) is 5.63. The Morgan fingerprint density at radius 3 is 2.62 bits per heavy atom. The predicted octanol–water partition coefficient (Wildman–Crippen LogP) is 3.20. The number of rotatable bonds is 6. The van der Waals surface area contributed by atoms with Crippen LogP contribution >= 0.6 is 0 Å². The van der Waals surface area contributed by atoms with Crippen LogP contribution in [0.2, 0.25) is 0 Å². The molecule has 0 aliphatic rings. The van der Waals surface area contributed by atoms with Gasteiger partial charge in [-0.25, -0.2) is 0 Å². The van der Waals surface area contributed by atoms with Gasteiger partial charge in [0.15, 0.2) is 5.76 Å². The van der Waals surface area contributed by atoms with Gasteiger partial charge in [-0.2, -0.15) is 0 Å². The van der Waals surface area contributed by atoms with Crippen LogP contribution in [0.1, 0.15) is 29.1 Å². The molecule has 2 heterocycles. The molecule has 0 aliphatic heterocycles. The summed E-state index contributed by atoms with van der Waals surface area (Å²) in [7, 11) is 0. The molecule has 0 unspecified atom stereocenters. The van der Waals surface area contributed by atoms with Crippen LogP contribution < -0.4 is 5.32 Å². The lowest BCUT2D eigenvalue weighted by molar-refractivity contribution is -0.121. The molecular weight excluding hydrogens is 306 g/mol. The minimum absolute atomic E-state index is 0.0424. The normalized spacial score (nSPS) is 10.8. The van der Waals surface area contributed by atoms with Crippen LogP contribution in [0.5, 0.6) is 0 Å². The maximum atomic E-state index is 12.0. The maximum Gasteiger partial charge on any atom is 0.220 e. The Hall–Kier alpha value is -2.89. The molecule has 6 nitrogen and oxygen atoms in total. The average Bonchev–Trinajstić information content (AvgIpc) is 3.19. The molecule has 1 amide bonds. The summed E-state index contributed by atoms with van der Waals surface area (Å²) in [6.45, 7) is 4.08. The van der Waals surface area contributed by atoms with Gasteiger partial charge in [-0.3, -0.25) is 4.79 Å². The van der Waals surface area contributed by atoms with E-state index in [1.807, 2.05) is 50.2 Å². The summed E-state index contributed by atoms with van der Waals surface area (Å²) in [6, 6.07) is 11.6. The molecule has 0 radical (unpaired) electrons. The first-order valence-electron chi connectivity index (χ1n) is 7.83. The molecule has 1 N–H and O–H groups in total. The van der Waals surface area contributed by atoms with Crippen molar-refractivity contribution >= 4 is 5.91 Å². The number of aryl methyl sites for hydroxylation is 2. The number of nitrogens with one attached hydrogen (secondary N) is 1. The number of nitrogens with zero attached hydrogens (tertiary/aromatic N) is 2. The van der Waals surface area contributed by atoms with Gasteiger partial charge in [-0.1, -0.05) is 40.6 Å². The lowest BCUT2D eigenvalue weighted by Crippen LogP contribution is -2.23. The van der Waals surface area contributed by atoms with Crippen molar-refractivity contribution in [1.82, 2.24) is 15.6 Å². The van der Waals surface area contributed by atoms with E-state index in [0.717, 1.165) is 22.6 Å². The molecule has 6 heteroatoms. The summed E-state index contributed by atoms with van der Waals surface area (Å²) in [5.74, 6) is 1.42. The van der Waals surface area contributed by atoms with Crippen LogP contribution in [0.15, 0.2) is 45.4 Å². The van der Waals surface area contributed by atoms with Crippen molar-refractivity contribution in [3.63, 3.8) is 0 Å². The van der Waals surface area contributed by atoms with E-state index < -0.39 is 0 Å². The average molecular weight is 325 g/mol. The highest BCUT2D eigenvalue weighted by Gasteiger charge is 2.12. The summed E-state index contributed by atoms with van der Waals surface area (Å²) in [6.07, 6.45) is 0.993. The van der Waals surface area contributed by atoms with E-state index in [-0.39, 0.29) is 5.91 Å². The van der Waals surface area contributed by atoms with Crippen molar-refractivity contribution in [2.45, 2.75) is 33.2 Å². The lowest BCUT2D eigenvalue weighted by atomic mass is 10.1. The van der Waals surface area contributed by atoms with E-state index in [9.17, 15) is 4.79 Å². The minimum Gasteiger partial charge on any atom is -0.361 e. The topological polar surface area (TPSA) is 81.2 Å². The molecule has 2 aromatic heterocycles. The molecular formula is C18H19N3O3. The Morgan fingerprint density at radius 2 is 1.92 bits per heavy atom. The second kappa shape index (κ2) is 7.12. The summed E-state index contributed by atoms with van der Waals surface area (Å²) >= 11 is 0. The Balaban J connectivity index is 1.51. The van der Waals surface area contributed by atoms with E-state index in [1.54, 1.807) is 0 Å². The molecule has 3 aromatic rings. The third-order valence-corrected chi connectivity index (χ3v) is 3.87. The Morgan fingerprint density at radius 1 is 1.12 bits per heavy atom. The molecule has 0 saturated carbocycles. The van der Waals surface area contributed by atoms with Crippen molar-refractivity contribution < 1.29 is 13.8 Å². The molecule has 0 aliphatic carbocycles. The fourth-order valence-electron chi connectivity index (χ4n) is 2.51. The number of carbonyl (C=O) groups is 1. The maximum absolute atomic E-state index is 12.0. The van der Waals surface area contributed by atoms with E-state index in [4.69, 9.17) is 9.05 Å². The molecule has 0 bridgehead atoms. The van der Waals surface area contributed by atoms with Gasteiger partial charge in [0.1, 0.15) is 11.5 Å². The Bertz CT molecular complexity index is 802. The standard InChI is InChI=1S/C18H19N3O3/c1-12-16(13(2)23-20-12)8-9-18(22)19-11-15-10-17(24-21-15)14-6-4-3-5-7-14/h3-7,10H,8-9,11H2,1-2H3,(H,19,22). The summed E-state index contributed by atoms with van der Waals surface area (Å²) in [5.41, 5.74) is 3.49. The highest BCUT2D eigenvalue weighted by molar-refractivity contribution is 5.76. The van der Waals surface area contributed by atoms with Crippen LogP contribution in [0.4, 0.5) is 0 Å². The summed E-state index contributed by atoms with van der Waals surface area (Å²) in [5, 5.41) is 10.7. The van der Waals surface area contributed by atoms with Crippen LogP contribution in [0, 0.1) is 13.8 Å². The van der Waals surface area contributed by atoms with Gasteiger partial charge >= 0.3 is 0 Å². The summed E-state index contributed by atoms with van der Waals surface area (Å²) in [4.78, 5) is 12.0. The molecule has 3 rings (SSSR count). The first-order chi connectivity index (χ1) is 11.6. The third-order valence-electron chi connectivity index (χ3n) is 3.87. The summed E-state index contributed by atoms with van der Waals surface area (Å²) < 4.78 is 10.4. The first-order valence-corrected chi connectivity index (χ1v) is 7.83. The van der Waals surface area contributed by atoms with Gasteiger partial charge < -0.3 is 14.4 Å². The van der Waals surface area contributed by atoms with Crippen LogP contribution in [0.3, 0.4) is 0 Å². The fourth-order valence-corrected chi connectivity index (χ4v) is 2.51. The largest absolute Gasteiger partial charge is 0.361 e. The highest BCUT2D eigenvalue weighted by Crippen LogP contribution is 2.19. The molecule has 124 valence electrons. The Labute approximate surface area is 139 Å². The van der Waals surface area contributed by atoms with E-state index in [0.29, 0.717) is 30.8 Å². The highest BCUT2D eigenvalue weighted by atomic mass is 16.5. The zero-order valence-corrected chi connectivity index (χ0v) is 13.7. The molecule has 0 fully saturated rings. The minimum atomic E-state index is -0.0424. The van der Waals surface area contributed by atoms with E-state index >= 15 is 0 Å². The molecule has 1 aromatic carbocycles. The second-order valence-corrected chi connectivity index (χ2v) is 5.63. The monoisotopic (exact) mass is 325 g/mol. The van der Waals surface area contributed by atoms with Crippen molar-refractivity contribution in [2.75, 3.05) is 0 Å². The smallest absolute Gasteiger partial charge is 0.220 e. The lowest BCUT2D eigenvalue weighted by Gasteiger charge is -2.02. The SMILES string of the molecule is Cc1noc(C)c1CCC(=O)NCc1cc(-c2ccccc2)on1. The number of hydrogen-bond acceptors (Lipinski definition) is 5. The van der Waals surface area contributed by atoms with Gasteiger partial charge in [0.2, 0.25) is 5.91 Å². The van der Waals surface area contributed by atoms with Gasteiger partial charge in [0, 0.05) is 23.6 Å². The third kappa shape index (κ3) is 3.71. The quantitative estimate of drug-likeness (QED) is 0.752. The number of benzene rings is 1. The number of hydrogen-bond donors (Lipinski definition) is 1. The number of amides is 1. The van der Waals surface area contributed by atoms with E-state index in [2.05, 4.69) is 15.6 Å². The predicted molar refractivity (Wildman–Crippen MR) is 88.1 cm³/mol. The zero-order chi connectivity index (χ0) is 16.9. The molecule has 0 atom stereocenters.